The Kier molecular flexibility index (Phi) is 7.05. The van der Waals surface area contributed by atoms with Gasteiger partial charge in [-0.05, 0) is 48.4 Å². The standard InChI is InChI=1S/C25H17Cl2N3O2S/c26-17-12-10-16(11-13-17)14-22-24(32)30(18-6-2-1-3-7-18)25(33-22)19(15-28)23(31)29-21-9-5-4-8-20(21)27/h1-13,22H,14H2,(H,29,31). The van der Waals surface area contributed by atoms with Crippen molar-refractivity contribution >= 4 is 58.2 Å². The van der Waals surface area contributed by atoms with Crippen LogP contribution in [-0.4, -0.2) is 17.1 Å². The number of amides is 2. The van der Waals surface area contributed by atoms with Gasteiger partial charge in [0.25, 0.3) is 5.91 Å². The first kappa shape index (κ1) is 22.9. The van der Waals surface area contributed by atoms with Gasteiger partial charge in [-0.1, -0.05) is 77.4 Å². The van der Waals surface area contributed by atoms with Crippen LogP contribution in [0.4, 0.5) is 11.4 Å². The Morgan fingerprint density at radius 1 is 1.00 bits per heavy atom. The van der Waals surface area contributed by atoms with Gasteiger partial charge in [0.2, 0.25) is 5.91 Å². The monoisotopic (exact) mass is 493 g/mol. The highest BCUT2D eigenvalue weighted by atomic mass is 35.5. The molecule has 2 amide bonds. The average molecular weight is 494 g/mol. The second-order valence-electron chi connectivity index (χ2n) is 7.17. The van der Waals surface area contributed by atoms with Crippen molar-refractivity contribution in [3.63, 3.8) is 0 Å². The summed E-state index contributed by atoms with van der Waals surface area (Å²) in [6.07, 6.45) is 0.429. The summed E-state index contributed by atoms with van der Waals surface area (Å²) in [4.78, 5) is 27.9. The number of halogens is 2. The number of carbonyl (C=O) groups is 2. The molecule has 1 fully saturated rings. The van der Waals surface area contributed by atoms with Crippen LogP contribution in [0, 0.1) is 11.3 Å². The lowest BCUT2D eigenvalue weighted by Gasteiger charge is -2.18. The van der Waals surface area contributed by atoms with E-state index in [1.165, 1.54) is 16.7 Å². The molecule has 1 N–H and O–H groups in total. The van der Waals surface area contributed by atoms with Gasteiger partial charge in [-0.3, -0.25) is 14.5 Å². The molecule has 0 spiro atoms. The number of benzene rings is 3. The van der Waals surface area contributed by atoms with Gasteiger partial charge >= 0.3 is 0 Å². The second-order valence-corrected chi connectivity index (χ2v) is 9.21. The number of nitrogens with zero attached hydrogens (tertiary/aromatic N) is 2. The zero-order valence-corrected chi connectivity index (χ0v) is 19.5. The zero-order valence-electron chi connectivity index (χ0n) is 17.2. The van der Waals surface area contributed by atoms with Crippen LogP contribution < -0.4 is 10.2 Å². The van der Waals surface area contributed by atoms with Crippen molar-refractivity contribution in [3.05, 3.63) is 105 Å². The summed E-state index contributed by atoms with van der Waals surface area (Å²) in [5, 5.41) is 13.3. The molecule has 3 aromatic carbocycles. The summed E-state index contributed by atoms with van der Waals surface area (Å²) in [5.74, 6) is -0.830. The van der Waals surface area contributed by atoms with E-state index in [0.717, 1.165) is 5.56 Å². The molecule has 0 aliphatic carbocycles. The number of hydrogen-bond donors (Lipinski definition) is 1. The van der Waals surface area contributed by atoms with Crippen LogP contribution >= 0.6 is 35.0 Å². The van der Waals surface area contributed by atoms with E-state index in [9.17, 15) is 14.9 Å². The minimum absolute atomic E-state index is 0.157. The molecule has 0 aromatic heterocycles. The van der Waals surface area contributed by atoms with E-state index in [0.29, 0.717) is 27.8 Å². The van der Waals surface area contributed by atoms with Gasteiger partial charge in [-0.15, -0.1) is 0 Å². The smallest absolute Gasteiger partial charge is 0.269 e. The highest BCUT2D eigenvalue weighted by molar-refractivity contribution is 8.05. The average Bonchev–Trinajstić information content (AvgIpc) is 3.13. The maximum atomic E-state index is 13.4. The summed E-state index contributed by atoms with van der Waals surface area (Å²) < 4.78 is 0. The van der Waals surface area contributed by atoms with Gasteiger partial charge < -0.3 is 5.32 Å². The molecular formula is C25H17Cl2N3O2S. The lowest BCUT2D eigenvalue weighted by molar-refractivity contribution is -0.117. The Morgan fingerprint density at radius 3 is 2.33 bits per heavy atom. The van der Waals surface area contributed by atoms with Crippen molar-refractivity contribution in [1.29, 1.82) is 5.26 Å². The molecule has 5 nitrogen and oxygen atoms in total. The number of hydrogen-bond acceptors (Lipinski definition) is 4. The van der Waals surface area contributed by atoms with Crippen LogP contribution in [0.15, 0.2) is 89.5 Å². The maximum Gasteiger partial charge on any atom is 0.269 e. The number of nitrogens with one attached hydrogen (secondary N) is 1. The van der Waals surface area contributed by atoms with Crippen LogP contribution in [0.25, 0.3) is 0 Å². The fraction of sp³-hybridized carbons (Fsp3) is 0.0800. The fourth-order valence-corrected chi connectivity index (χ4v) is 5.00. The molecule has 0 bridgehead atoms. The molecule has 1 unspecified atom stereocenters. The zero-order chi connectivity index (χ0) is 23.4. The minimum atomic E-state index is -0.631. The van der Waals surface area contributed by atoms with Crippen molar-refractivity contribution in [2.24, 2.45) is 0 Å². The summed E-state index contributed by atoms with van der Waals surface area (Å²) in [7, 11) is 0. The van der Waals surface area contributed by atoms with E-state index >= 15 is 0 Å². The third kappa shape index (κ3) is 5.07. The van der Waals surface area contributed by atoms with E-state index in [1.807, 2.05) is 24.3 Å². The van der Waals surface area contributed by atoms with Crippen LogP contribution in [0.5, 0.6) is 0 Å². The lowest BCUT2D eigenvalue weighted by atomic mass is 10.1. The Labute approximate surface area is 205 Å². The van der Waals surface area contributed by atoms with E-state index in [2.05, 4.69) is 5.32 Å². The molecule has 164 valence electrons. The largest absolute Gasteiger partial charge is 0.320 e. The topological polar surface area (TPSA) is 73.2 Å². The molecule has 0 radical (unpaired) electrons. The van der Waals surface area contributed by atoms with E-state index < -0.39 is 11.2 Å². The molecule has 1 aliphatic rings. The van der Waals surface area contributed by atoms with Crippen LogP contribution in [0.2, 0.25) is 10.0 Å². The number of thioether (sulfide) groups is 1. The Hall–Kier alpha value is -3.24. The first-order valence-corrected chi connectivity index (χ1v) is 11.6. The third-order valence-electron chi connectivity index (χ3n) is 4.98. The van der Waals surface area contributed by atoms with E-state index in [4.69, 9.17) is 23.2 Å². The number of nitriles is 1. The predicted octanol–water partition coefficient (Wildman–Crippen LogP) is 6.06. The van der Waals surface area contributed by atoms with Gasteiger partial charge in [0.1, 0.15) is 16.7 Å². The molecule has 33 heavy (non-hydrogen) atoms. The highest BCUT2D eigenvalue weighted by Crippen LogP contribution is 2.42. The number of anilines is 2. The molecule has 0 saturated carbocycles. The first-order valence-electron chi connectivity index (χ1n) is 9.98. The van der Waals surface area contributed by atoms with Crippen molar-refractivity contribution < 1.29 is 9.59 Å². The summed E-state index contributed by atoms with van der Waals surface area (Å²) >= 11 is 13.3. The van der Waals surface area contributed by atoms with E-state index in [1.54, 1.807) is 60.7 Å². The van der Waals surface area contributed by atoms with Gasteiger partial charge in [-0.2, -0.15) is 5.26 Å². The lowest BCUT2D eigenvalue weighted by Crippen LogP contribution is -2.30. The van der Waals surface area contributed by atoms with E-state index in [-0.39, 0.29) is 16.5 Å². The van der Waals surface area contributed by atoms with Crippen molar-refractivity contribution in [2.75, 3.05) is 10.2 Å². The molecule has 8 heteroatoms. The maximum absolute atomic E-state index is 13.4. The second kappa shape index (κ2) is 10.1. The Morgan fingerprint density at radius 2 is 1.67 bits per heavy atom. The number of carbonyl (C=O) groups excluding carboxylic acids is 2. The molecule has 1 atom stereocenters. The molecular weight excluding hydrogens is 477 g/mol. The van der Waals surface area contributed by atoms with Gasteiger partial charge in [0.15, 0.2) is 0 Å². The minimum Gasteiger partial charge on any atom is -0.320 e. The number of para-hydroxylation sites is 2. The van der Waals surface area contributed by atoms with Crippen LogP contribution in [0.3, 0.4) is 0 Å². The predicted molar refractivity (Wildman–Crippen MR) is 133 cm³/mol. The van der Waals surface area contributed by atoms with Crippen molar-refractivity contribution in [2.45, 2.75) is 11.7 Å². The third-order valence-corrected chi connectivity index (χ3v) is 6.82. The first-order chi connectivity index (χ1) is 16.0. The summed E-state index contributed by atoms with van der Waals surface area (Å²) in [6, 6.07) is 25.0. The molecule has 1 saturated heterocycles. The van der Waals surface area contributed by atoms with Gasteiger partial charge in [0, 0.05) is 10.7 Å². The quantitative estimate of drug-likeness (QED) is 0.346. The van der Waals surface area contributed by atoms with Crippen LogP contribution in [0.1, 0.15) is 5.56 Å². The van der Waals surface area contributed by atoms with Gasteiger partial charge in [-0.25, -0.2) is 0 Å². The fourth-order valence-electron chi connectivity index (χ4n) is 3.38. The highest BCUT2D eigenvalue weighted by Gasteiger charge is 2.40. The Bertz CT molecular complexity index is 1270. The summed E-state index contributed by atoms with van der Waals surface area (Å²) in [5.41, 5.74) is 1.74. The molecule has 3 aromatic rings. The SMILES string of the molecule is N#CC(C(=O)Nc1ccccc1Cl)=C1SC(Cc2ccc(Cl)cc2)C(=O)N1c1ccccc1. The normalized spacial score (nSPS) is 16.9. The molecule has 1 aliphatic heterocycles. The van der Waals surface area contributed by atoms with Gasteiger partial charge in [0.05, 0.1) is 16.0 Å². The molecule has 4 rings (SSSR count). The molecule has 1 heterocycles. The Balaban J connectivity index is 1.72. The van der Waals surface area contributed by atoms with Crippen LogP contribution in [-0.2, 0) is 16.0 Å². The number of rotatable bonds is 5. The van der Waals surface area contributed by atoms with Crippen molar-refractivity contribution in [3.8, 4) is 6.07 Å². The summed E-state index contributed by atoms with van der Waals surface area (Å²) in [6.45, 7) is 0. The van der Waals surface area contributed by atoms with Crippen molar-refractivity contribution in [1.82, 2.24) is 0 Å².